The first-order valence-corrected chi connectivity index (χ1v) is 9.62. The van der Waals surface area contributed by atoms with E-state index in [0.29, 0.717) is 12.4 Å². The molecule has 0 aliphatic heterocycles. The number of hydrogen-bond donors (Lipinski definition) is 0. The van der Waals surface area contributed by atoms with E-state index in [9.17, 15) is 8.42 Å². The maximum atomic E-state index is 11.2. The summed E-state index contributed by atoms with van der Waals surface area (Å²) in [6.45, 7) is 6.86. The average molecular weight is 348 g/mol. The number of hydrogen-bond acceptors (Lipinski definition) is 4. The molecule has 0 amide bonds. The molecule has 1 atom stereocenters. The van der Waals surface area contributed by atoms with Gasteiger partial charge in [-0.25, -0.2) is 0 Å². The summed E-state index contributed by atoms with van der Waals surface area (Å²) in [5.41, 5.74) is 2.00. The molecule has 24 heavy (non-hydrogen) atoms. The lowest BCUT2D eigenvalue weighted by molar-refractivity contribution is -0.0304. The van der Waals surface area contributed by atoms with E-state index in [4.69, 9.17) is 8.92 Å². The Bertz CT molecular complexity index is 744. The van der Waals surface area contributed by atoms with Gasteiger partial charge in [0.2, 0.25) is 0 Å². The molecule has 0 heterocycles. The molecule has 0 bridgehead atoms. The van der Waals surface area contributed by atoms with Crippen molar-refractivity contribution in [2.45, 2.75) is 33.5 Å². The Morgan fingerprint density at radius 2 is 1.54 bits per heavy atom. The Morgan fingerprint density at radius 3 is 2.04 bits per heavy atom. The Kier molecular flexibility index (Phi) is 5.67. The van der Waals surface area contributed by atoms with Gasteiger partial charge in [-0.2, -0.15) is 8.42 Å². The second kappa shape index (κ2) is 7.36. The lowest BCUT2D eigenvalue weighted by atomic mass is 9.84. The van der Waals surface area contributed by atoms with Crippen LogP contribution in [0.1, 0.15) is 38.0 Å². The highest BCUT2D eigenvalue weighted by atomic mass is 32.2. The van der Waals surface area contributed by atoms with Crippen molar-refractivity contribution < 1.29 is 17.3 Å². The summed E-state index contributed by atoms with van der Waals surface area (Å²) in [7, 11) is -3.52. The van der Waals surface area contributed by atoms with Gasteiger partial charge in [-0.3, -0.25) is 0 Å². The van der Waals surface area contributed by atoms with Crippen molar-refractivity contribution in [2.75, 3.05) is 6.26 Å². The monoisotopic (exact) mass is 348 g/mol. The normalized spacial score (nSPS) is 13.5. The fraction of sp³-hybridized carbons (Fsp3) is 0.368. The summed E-state index contributed by atoms with van der Waals surface area (Å²) in [4.78, 5) is 0. The molecule has 0 N–H and O–H groups in total. The summed E-state index contributed by atoms with van der Waals surface area (Å²) >= 11 is 0. The highest BCUT2D eigenvalue weighted by molar-refractivity contribution is 7.86. The van der Waals surface area contributed by atoms with Gasteiger partial charge in [0.15, 0.2) is 0 Å². The zero-order chi connectivity index (χ0) is 17.8. The molecule has 0 saturated carbocycles. The van der Waals surface area contributed by atoms with E-state index in [-0.39, 0.29) is 11.5 Å². The van der Waals surface area contributed by atoms with Gasteiger partial charge >= 0.3 is 10.1 Å². The Hall–Kier alpha value is -1.85. The standard InChI is InChI=1S/C19H24O4S/c1-19(2,3)18(22-14-15-8-6-5-7-9-15)16-10-12-17(13-11-16)23-24(4,20)21/h5-13,18H,14H2,1-4H3. The summed E-state index contributed by atoms with van der Waals surface area (Å²) in [6, 6.07) is 17.0. The van der Waals surface area contributed by atoms with E-state index in [2.05, 4.69) is 20.8 Å². The zero-order valence-electron chi connectivity index (χ0n) is 14.5. The predicted octanol–water partition coefficient (Wildman–Crippen LogP) is 4.33. The third kappa shape index (κ3) is 5.65. The van der Waals surface area contributed by atoms with Crippen molar-refractivity contribution in [3.8, 4) is 5.75 Å². The van der Waals surface area contributed by atoms with Crippen LogP contribution in [0.5, 0.6) is 5.75 Å². The molecular weight excluding hydrogens is 324 g/mol. The van der Waals surface area contributed by atoms with Crippen LogP contribution in [0, 0.1) is 5.41 Å². The number of rotatable bonds is 6. The molecule has 0 aliphatic rings. The molecule has 0 saturated heterocycles. The first kappa shape index (κ1) is 18.5. The van der Waals surface area contributed by atoms with Crippen LogP contribution in [-0.4, -0.2) is 14.7 Å². The van der Waals surface area contributed by atoms with Crippen LogP contribution in [-0.2, 0) is 21.5 Å². The molecule has 0 fully saturated rings. The van der Waals surface area contributed by atoms with E-state index in [1.165, 1.54) is 0 Å². The van der Waals surface area contributed by atoms with Crippen LogP contribution < -0.4 is 4.18 Å². The van der Waals surface area contributed by atoms with Crippen LogP contribution in [0.25, 0.3) is 0 Å². The van der Waals surface area contributed by atoms with Crippen molar-refractivity contribution >= 4 is 10.1 Å². The molecular formula is C19H24O4S. The second-order valence-electron chi connectivity index (χ2n) is 6.90. The Morgan fingerprint density at radius 1 is 0.958 bits per heavy atom. The lowest BCUT2D eigenvalue weighted by Gasteiger charge is -2.31. The number of benzene rings is 2. The van der Waals surface area contributed by atoms with Crippen molar-refractivity contribution in [3.05, 3.63) is 65.7 Å². The Balaban J connectivity index is 2.16. The smallest absolute Gasteiger partial charge is 0.306 e. The summed E-state index contributed by atoms with van der Waals surface area (Å²) < 4.78 is 33.4. The van der Waals surface area contributed by atoms with Gasteiger partial charge in [0.25, 0.3) is 0 Å². The quantitative estimate of drug-likeness (QED) is 0.729. The maximum Gasteiger partial charge on any atom is 0.306 e. The molecule has 0 aromatic heterocycles. The van der Waals surface area contributed by atoms with E-state index in [1.807, 2.05) is 42.5 Å². The topological polar surface area (TPSA) is 52.6 Å². The molecule has 5 heteroatoms. The SMILES string of the molecule is CC(C)(C)C(OCc1ccccc1)c1ccc(OS(C)(=O)=O)cc1. The van der Waals surface area contributed by atoms with E-state index >= 15 is 0 Å². The van der Waals surface area contributed by atoms with Crippen molar-refractivity contribution in [1.29, 1.82) is 0 Å². The van der Waals surface area contributed by atoms with Crippen molar-refractivity contribution in [1.82, 2.24) is 0 Å². The number of ether oxygens (including phenoxy) is 1. The highest BCUT2D eigenvalue weighted by Crippen LogP contribution is 2.37. The highest BCUT2D eigenvalue weighted by Gasteiger charge is 2.27. The van der Waals surface area contributed by atoms with E-state index in [1.54, 1.807) is 12.1 Å². The van der Waals surface area contributed by atoms with Gasteiger partial charge in [0, 0.05) is 0 Å². The van der Waals surface area contributed by atoms with Gasteiger partial charge < -0.3 is 8.92 Å². The molecule has 1 unspecified atom stereocenters. The minimum atomic E-state index is -3.52. The average Bonchev–Trinajstić information content (AvgIpc) is 2.47. The fourth-order valence-corrected chi connectivity index (χ4v) is 2.93. The van der Waals surface area contributed by atoms with Crippen LogP contribution in [0.4, 0.5) is 0 Å². The third-order valence-electron chi connectivity index (χ3n) is 3.48. The van der Waals surface area contributed by atoms with Gasteiger partial charge in [-0.05, 0) is 28.7 Å². The maximum absolute atomic E-state index is 11.2. The van der Waals surface area contributed by atoms with E-state index < -0.39 is 10.1 Å². The first-order chi connectivity index (χ1) is 11.1. The van der Waals surface area contributed by atoms with Crippen molar-refractivity contribution in [2.24, 2.45) is 5.41 Å². The third-order valence-corrected chi connectivity index (χ3v) is 3.97. The second-order valence-corrected chi connectivity index (χ2v) is 8.47. The van der Waals surface area contributed by atoms with E-state index in [0.717, 1.165) is 17.4 Å². The first-order valence-electron chi connectivity index (χ1n) is 7.80. The molecule has 130 valence electrons. The molecule has 4 nitrogen and oxygen atoms in total. The largest absolute Gasteiger partial charge is 0.383 e. The zero-order valence-corrected chi connectivity index (χ0v) is 15.3. The van der Waals surface area contributed by atoms with Crippen molar-refractivity contribution in [3.63, 3.8) is 0 Å². The van der Waals surface area contributed by atoms with Gasteiger partial charge in [-0.15, -0.1) is 0 Å². The molecule has 2 aromatic rings. The molecule has 0 radical (unpaired) electrons. The summed E-state index contributed by atoms with van der Waals surface area (Å²) in [5, 5.41) is 0. The van der Waals surface area contributed by atoms with Gasteiger partial charge in [0.05, 0.1) is 19.0 Å². The minimum absolute atomic E-state index is 0.103. The van der Waals surface area contributed by atoms with Gasteiger partial charge in [0.1, 0.15) is 5.75 Å². The van der Waals surface area contributed by atoms with Crippen LogP contribution >= 0.6 is 0 Å². The summed E-state index contributed by atoms with van der Waals surface area (Å²) in [5.74, 6) is 0.303. The molecule has 2 rings (SSSR count). The Labute approximate surface area is 144 Å². The molecule has 2 aromatic carbocycles. The van der Waals surface area contributed by atoms with Gasteiger partial charge in [-0.1, -0.05) is 63.2 Å². The summed E-state index contributed by atoms with van der Waals surface area (Å²) in [6.07, 6.45) is 0.909. The minimum Gasteiger partial charge on any atom is -0.383 e. The molecule has 0 aliphatic carbocycles. The molecule has 0 spiro atoms. The van der Waals surface area contributed by atoms with Crippen LogP contribution in [0.3, 0.4) is 0 Å². The lowest BCUT2D eigenvalue weighted by Crippen LogP contribution is -2.21. The predicted molar refractivity (Wildman–Crippen MR) is 95.3 cm³/mol. The fourth-order valence-electron chi connectivity index (χ4n) is 2.47. The van der Waals surface area contributed by atoms with Crippen LogP contribution in [0.2, 0.25) is 0 Å². The van der Waals surface area contributed by atoms with Crippen LogP contribution in [0.15, 0.2) is 54.6 Å².